The zero-order valence-electron chi connectivity index (χ0n) is 14.3. The van der Waals surface area contributed by atoms with Crippen molar-refractivity contribution in [1.29, 1.82) is 0 Å². The first-order valence-corrected chi connectivity index (χ1v) is 9.21. The molecule has 1 atom stereocenters. The van der Waals surface area contributed by atoms with Gasteiger partial charge in [0.1, 0.15) is 12.4 Å². The summed E-state index contributed by atoms with van der Waals surface area (Å²) in [5.41, 5.74) is 2.31. The van der Waals surface area contributed by atoms with Crippen LogP contribution in [0.5, 0.6) is 5.75 Å². The number of aromatic nitrogens is 2. The highest BCUT2D eigenvalue weighted by molar-refractivity contribution is 7.19. The zero-order chi connectivity index (χ0) is 16.8. The Morgan fingerprint density at radius 1 is 1.31 bits per heavy atom. The summed E-state index contributed by atoms with van der Waals surface area (Å²) in [6, 6.07) is 10.4. The van der Waals surface area contributed by atoms with Crippen LogP contribution in [-0.2, 0) is 6.61 Å². The second-order valence-electron chi connectivity index (χ2n) is 6.41. The van der Waals surface area contributed by atoms with Gasteiger partial charge in [0, 0.05) is 35.6 Å². The third-order valence-electron chi connectivity index (χ3n) is 4.79. The highest BCUT2D eigenvalue weighted by Gasteiger charge is 2.27. The summed E-state index contributed by atoms with van der Waals surface area (Å²) >= 11 is 1.69. The van der Waals surface area contributed by atoms with Crippen LogP contribution in [-0.4, -0.2) is 41.7 Å². The summed E-state index contributed by atoms with van der Waals surface area (Å²) in [6.45, 7) is 3.40. The number of halogens is 1. The van der Waals surface area contributed by atoms with Gasteiger partial charge in [-0.2, -0.15) is 4.98 Å². The van der Waals surface area contributed by atoms with Crippen molar-refractivity contribution in [2.24, 2.45) is 0 Å². The van der Waals surface area contributed by atoms with E-state index >= 15 is 0 Å². The molecule has 2 aliphatic rings. The monoisotopic (exact) mass is 390 g/mol. The maximum atomic E-state index is 5.84. The summed E-state index contributed by atoms with van der Waals surface area (Å²) in [6.07, 6.45) is 0. The number of hydrogen-bond donors (Lipinski definition) is 1. The predicted octanol–water partition coefficient (Wildman–Crippen LogP) is 3.36. The smallest absolute Gasteiger partial charge is 0.268 e. The molecule has 4 heterocycles. The van der Waals surface area contributed by atoms with Crippen molar-refractivity contribution >= 4 is 23.7 Å². The summed E-state index contributed by atoms with van der Waals surface area (Å²) in [5.74, 6) is 2.27. The van der Waals surface area contributed by atoms with Crippen LogP contribution in [0.25, 0.3) is 21.2 Å². The minimum atomic E-state index is 0. The Kier molecular flexibility index (Phi) is 4.71. The number of likely N-dealkylation sites (N-methyl/N-ethyl adjacent to an activating group) is 1. The van der Waals surface area contributed by atoms with Crippen LogP contribution in [0.3, 0.4) is 0 Å². The van der Waals surface area contributed by atoms with Gasteiger partial charge in [-0.1, -0.05) is 17.3 Å². The first kappa shape index (κ1) is 17.5. The second-order valence-corrected chi connectivity index (χ2v) is 7.46. The number of nitrogens with zero attached hydrogens (tertiary/aromatic N) is 3. The van der Waals surface area contributed by atoms with Crippen molar-refractivity contribution in [3.05, 3.63) is 41.7 Å². The number of piperazine rings is 1. The lowest BCUT2D eigenvalue weighted by Gasteiger charge is -2.30. The third-order valence-corrected chi connectivity index (χ3v) is 5.98. The number of para-hydroxylation sites is 1. The van der Waals surface area contributed by atoms with Crippen LogP contribution in [0.2, 0.25) is 0 Å². The van der Waals surface area contributed by atoms with Crippen LogP contribution in [0, 0.1) is 0 Å². The third kappa shape index (κ3) is 2.91. The van der Waals surface area contributed by atoms with Crippen molar-refractivity contribution in [3.63, 3.8) is 0 Å². The van der Waals surface area contributed by atoms with Gasteiger partial charge in [-0.05, 0) is 25.2 Å². The van der Waals surface area contributed by atoms with Crippen LogP contribution < -0.4 is 10.1 Å². The maximum absolute atomic E-state index is 5.84. The van der Waals surface area contributed by atoms with Gasteiger partial charge >= 0.3 is 0 Å². The molecule has 26 heavy (non-hydrogen) atoms. The van der Waals surface area contributed by atoms with Gasteiger partial charge in [-0.3, -0.25) is 4.90 Å². The molecule has 0 bridgehead atoms. The molecule has 2 aliphatic heterocycles. The molecule has 0 radical (unpaired) electrons. The van der Waals surface area contributed by atoms with Gasteiger partial charge in [0.2, 0.25) is 0 Å². The Bertz CT molecular complexity index is 926. The molecule has 1 N–H and O–H groups in total. The average molecular weight is 391 g/mol. The van der Waals surface area contributed by atoms with Gasteiger partial charge < -0.3 is 14.6 Å². The lowest BCUT2D eigenvalue weighted by Crippen LogP contribution is -2.44. The molecule has 0 amide bonds. The maximum Gasteiger partial charge on any atom is 0.268 e. The van der Waals surface area contributed by atoms with E-state index in [1.807, 2.05) is 18.2 Å². The summed E-state index contributed by atoms with van der Waals surface area (Å²) in [5, 5.41) is 7.61. The van der Waals surface area contributed by atoms with Crippen molar-refractivity contribution in [2.75, 3.05) is 26.7 Å². The van der Waals surface area contributed by atoms with Gasteiger partial charge in [0.25, 0.3) is 5.89 Å². The molecule has 0 spiro atoms. The average Bonchev–Trinajstić information content (AvgIpc) is 3.29. The standard InChI is InChI=1S/C18H18N4O2S.ClH/c1-22-7-6-19-9-13(22)17-20-18(24-21-17)15-8-11-10-23-14-5-3-2-4-12(14)16(11)25-15;/h2-5,8,13,19H,6-7,9-10H2,1H3;1H. The van der Waals surface area contributed by atoms with Gasteiger partial charge in [-0.25, -0.2) is 0 Å². The zero-order valence-corrected chi connectivity index (χ0v) is 15.9. The van der Waals surface area contributed by atoms with E-state index in [-0.39, 0.29) is 18.4 Å². The molecule has 1 unspecified atom stereocenters. The Hall–Kier alpha value is -1.93. The van der Waals surface area contributed by atoms with E-state index in [0.29, 0.717) is 12.5 Å². The SMILES string of the molecule is CN1CCNCC1c1noc(-c2cc3c(s2)-c2ccccc2OC3)n1.Cl. The van der Waals surface area contributed by atoms with E-state index in [1.165, 1.54) is 10.4 Å². The molecule has 6 nitrogen and oxygen atoms in total. The van der Waals surface area contributed by atoms with Crippen LogP contribution >= 0.6 is 23.7 Å². The molecule has 0 aliphatic carbocycles. The number of hydrogen-bond acceptors (Lipinski definition) is 7. The van der Waals surface area contributed by atoms with Crippen molar-refractivity contribution in [3.8, 4) is 27.0 Å². The van der Waals surface area contributed by atoms with E-state index in [1.54, 1.807) is 11.3 Å². The minimum absolute atomic E-state index is 0. The van der Waals surface area contributed by atoms with E-state index in [9.17, 15) is 0 Å². The number of nitrogens with one attached hydrogen (secondary N) is 1. The fourth-order valence-electron chi connectivity index (χ4n) is 3.37. The largest absolute Gasteiger partial charge is 0.488 e. The minimum Gasteiger partial charge on any atom is -0.488 e. The van der Waals surface area contributed by atoms with E-state index in [0.717, 1.165) is 41.6 Å². The predicted molar refractivity (Wildman–Crippen MR) is 103 cm³/mol. The van der Waals surface area contributed by atoms with Gasteiger partial charge in [0.05, 0.1) is 10.9 Å². The fourth-order valence-corrected chi connectivity index (χ4v) is 4.49. The lowest BCUT2D eigenvalue weighted by atomic mass is 10.1. The number of thiophene rings is 1. The van der Waals surface area contributed by atoms with Crippen molar-refractivity contribution in [1.82, 2.24) is 20.4 Å². The Morgan fingerprint density at radius 3 is 3.08 bits per heavy atom. The van der Waals surface area contributed by atoms with E-state index < -0.39 is 0 Å². The highest BCUT2D eigenvalue weighted by atomic mass is 35.5. The fraction of sp³-hybridized carbons (Fsp3) is 0.333. The number of fused-ring (bicyclic) bond motifs is 3. The Morgan fingerprint density at radius 2 is 2.19 bits per heavy atom. The molecule has 1 fully saturated rings. The normalized spacial score (nSPS) is 19.2. The quantitative estimate of drug-likeness (QED) is 0.724. The topological polar surface area (TPSA) is 63.4 Å². The molecule has 1 saturated heterocycles. The molecule has 3 aromatic rings. The summed E-state index contributed by atoms with van der Waals surface area (Å²) < 4.78 is 11.4. The van der Waals surface area contributed by atoms with Crippen molar-refractivity contribution in [2.45, 2.75) is 12.6 Å². The molecule has 136 valence electrons. The molecule has 1 aromatic carbocycles. The lowest BCUT2D eigenvalue weighted by molar-refractivity contribution is 0.190. The molecule has 0 saturated carbocycles. The van der Waals surface area contributed by atoms with E-state index in [2.05, 4.69) is 39.5 Å². The Balaban J connectivity index is 0.00000168. The number of benzene rings is 1. The van der Waals surface area contributed by atoms with Gasteiger partial charge in [-0.15, -0.1) is 23.7 Å². The first-order chi connectivity index (χ1) is 12.3. The number of rotatable bonds is 2. The molecular weight excluding hydrogens is 372 g/mol. The van der Waals surface area contributed by atoms with Gasteiger partial charge in [0.15, 0.2) is 5.82 Å². The van der Waals surface area contributed by atoms with E-state index in [4.69, 9.17) is 9.26 Å². The highest BCUT2D eigenvalue weighted by Crippen LogP contribution is 2.44. The molecule has 5 rings (SSSR count). The Labute approximate surface area is 161 Å². The van der Waals surface area contributed by atoms with Crippen LogP contribution in [0.4, 0.5) is 0 Å². The van der Waals surface area contributed by atoms with Crippen LogP contribution in [0.15, 0.2) is 34.9 Å². The second kappa shape index (κ2) is 7.00. The van der Waals surface area contributed by atoms with Crippen molar-refractivity contribution < 1.29 is 9.26 Å². The first-order valence-electron chi connectivity index (χ1n) is 8.39. The molecular formula is C18H19ClN4O2S. The molecule has 8 heteroatoms. The summed E-state index contributed by atoms with van der Waals surface area (Å²) in [7, 11) is 2.10. The summed E-state index contributed by atoms with van der Waals surface area (Å²) in [4.78, 5) is 9.15. The van der Waals surface area contributed by atoms with Crippen LogP contribution in [0.1, 0.15) is 17.4 Å². The molecule has 2 aromatic heterocycles. The number of ether oxygens (including phenoxy) is 1.